The first-order valence-corrected chi connectivity index (χ1v) is 7.38. The normalized spacial score (nSPS) is 10.1. The quantitative estimate of drug-likeness (QED) is 0.746. The average molecular weight is 403 g/mol. The van der Waals surface area contributed by atoms with Gasteiger partial charge in [0.05, 0.1) is 6.20 Å². The number of primary amides is 1. The Labute approximate surface area is 132 Å². The van der Waals surface area contributed by atoms with Gasteiger partial charge in [0.2, 0.25) is 0 Å². The molecule has 2 amide bonds. The van der Waals surface area contributed by atoms with Crippen LogP contribution in [0.3, 0.4) is 0 Å². The molecule has 6 nitrogen and oxygen atoms in total. The van der Waals surface area contributed by atoms with E-state index < -0.39 is 5.91 Å². The van der Waals surface area contributed by atoms with Gasteiger partial charge in [-0.05, 0) is 46.9 Å². The fourth-order valence-corrected chi connectivity index (χ4v) is 2.33. The molecule has 1 aromatic heterocycles. The lowest BCUT2D eigenvalue weighted by Crippen LogP contribution is -2.19. The minimum absolute atomic E-state index is 0.133. The predicted octanol–water partition coefficient (Wildman–Crippen LogP) is 1.86. The zero-order valence-corrected chi connectivity index (χ0v) is 13.1. The molecule has 0 aliphatic heterocycles. The fraction of sp³-hybridized carbons (Fsp3) is 0.0833. The predicted molar refractivity (Wildman–Crippen MR) is 83.9 cm³/mol. The number of rotatable bonds is 5. The highest BCUT2D eigenvalue weighted by molar-refractivity contribution is 14.1. The van der Waals surface area contributed by atoms with Crippen molar-refractivity contribution in [3.8, 4) is 5.75 Å². The summed E-state index contributed by atoms with van der Waals surface area (Å²) in [6.45, 7) is -0.133. The summed E-state index contributed by atoms with van der Waals surface area (Å²) >= 11 is 3.20. The van der Waals surface area contributed by atoms with E-state index in [-0.39, 0.29) is 12.5 Å². The van der Waals surface area contributed by atoms with E-state index in [0.717, 1.165) is 14.9 Å². The van der Waals surface area contributed by atoms with E-state index in [1.165, 1.54) is 6.20 Å². The smallest absolute Gasteiger partial charge is 0.264 e. The number of hydrogen-bond donors (Lipinski definition) is 2. The maximum Gasteiger partial charge on any atom is 0.264 e. The summed E-state index contributed by atoms with van der Waals surface area (Å²) in [6, 6.07) is 7.33. The third-order valence-electron chi connectivity index (χ3n) is 2.18. The molecule has 0 radical (unpaired) electrons. The molecule has 0 spiro atoms. The van der Waals surface area contributed by atoms with Crippen molar-refractivity contribution in [1.82, 2.24) is 4.98 Å². The van der Waals surface area contributed by atoms with Crippen LogP contribution in [0.4, 0.5) is 5.13 Å². The van der Waals surface area contributed by atoms with Crippen molar-refractivity contribution >= 4 is 50.9 Å². The highest BCUT2D eigenvalue weighted by atomic mass is 127. The summed E-state index contributed by atoms with van der Waals surface area (Å²) in [5, 5.41) is 2.85. The Morgan fingerprint density at radius 2 is 2.05 bits per heavy atom. The lowest BCUT2D eigenvalue weighted by Gasteiger charge is -2.05. The number of carbonyl (C=O) groups excluding carboxylic acids is 2. The van der Waals surface area contributed by atoms with Crippen LogP contribution in [-0.2, 0) is 4.79 Å². The Kier molecular flexibility index (Phi) is 4.90. The van der Waals surface area contributed by atoms with Crippen LogP contribution in [0.2, 0.25) is 0 Å². The Balaban J connectivity index is 1.85. The molecule has 0 saturated heterocycles. The number of thiazole rings is 1. The zero-order valence-electron chi connectivity index (χ0n) is 10.1. The highest BCUT2D eigenvalue weighted by Gasteiger charge is 2.10. The summed E-state index contributed by atoms with van der Waals surface area (Å²) in [5.41, 5.74) is 5.10. The first-order valence-electron chi connectivity index (χ1n) is 5.48. The van der Waals surface area contributed by atoms with Crippen molar-refractivity contribution < 1.29 is 14.3 Å². The fourth-order valence-electron chi connectivity index (χ4n) is 1.28. The van der Waals surface area contributed by atoms with Gasteiger partial charge in [0.1, 0.15) is 10.6 Å². The number of carbonyl (C=O) groups is 2. The largest absolute Gasteiger partial charge is 0.484 e. The molecule has 20 heavy (non-hydrogen) atoms. The van der Waals surface area contributed by atoms with Crippen molar-refractivity contribution in [2.75, 3.05) is 11.9 Å². The van der Waals surface area contributed by atoms with Crippen LogP contribution in [0, 0.1) is 3.57 Å². The van der Waals surface area contributed by atoms with Gasteiger partial charge in [-0.3, -0.25) is 14.9 Å². The van der Waals surface area contributed by atoms with Crippen molar-refractivity contribution in [3.63, 3.8) is 0 Å². The van der Waals surface area contributed by atoms with E-state index >= 15 is 0 Å². The summed E-state index contributed by atoms with van der Waals surface area (Å²) in [6.07, 6.45) is 1.32. The average Bonchev–Trinajstić information content (AvgIpc) is 2.87. The Morgan fingerprint density at radius 3 is 2.65 bits per heavy atom. The van der Waals surface area contributed by atoms with E-state index in [1.807, 2.05) is 12.1 Å². The number of benzene rings is 1. The molecule has 0 saturated carbocycles. The molecule has 1 aromatic carbocycles. The number of halogens is 1. The third-order valence-corrected chi connectivity index (χ3v) is 3.82. The summed E-state index contributed by atoms with van der Waals surface area (Å²) in [7, 11) is 0. The summed E-state index contributed by atoms with van der Waals surface area (Å²) in [4.78, 5) is 26.7. The second kappa shape index (κ2) is 6.66. The van der Waals surface area contributed by atoms with Crippen molar-refractivity contribution in [2.45, 2.75) is 0 Å². The zero-order chi connectivity index (χ0) is 14.5. The minimum Gasteiger partial charge on any atom is -0.484 e. The Bertz CT molecular complexity index is 627. The number of anilines is 1. The minimum atomic E-state index is -0.571. The lowest BCUT2D eigenvalue weighted by atomic mass is 10.3. The molecule has 0 fully saturated rings. The van der Waals surface area contributed by atoms with Crippen molar-refractivity contribution in [3.05, 3.63) is 38.9 Å². The number of hydrogen-bond acceptors (Lipinski definition) is 5. The van der Waals surface area contributed by atoms with Gasteiger partial charge in [-0.15, -0.1) is 0 Å². The summed E-state index contributed by atoms with van der Waals surface area (Å²) in [5.74, 6) is -0.315. The molecular weight excluding hydrogens is 393 g/mol. The van der Waals surface area contributed by atoms with Crippen LogP contribution >= 0.6 is 33.9 Å². The molecule has 1 heterocycles. The van der Waals surface area contributed by atoms with E-state index in [4.69, 9.17) is 10.5 Å². The summed E-state index contributed by atoms with van der Waals surface area (Å²) < 4.78 is 6.40. The molecule has 0 bridgehead atoms. The van der Waals surface area contributed by atoms with Crippen LogP contribution in [0.25, 0.3) is 0 Å². The van der Waals surface area contributed by atoms with Gasteiger partial charge >= 0.3 is 0 Å². The molecule has 3 N–H and O–H groups in total. The number of nitrogens with two attached hydrogens (primary N) is 1. The van der Waals surface area contributed by atoms with Gasteiger partial charge in [-0.2, -0.15) is 0 Å². The number of nitrogens with one attached hydrogen (secondary N) is 1. The molecule has 8 heteroatoms. The van der Waals surface area contributed by atoms with Gasteiger partial charge in [-0.1, -0.05) is 11.3 Å². The standard InChI is InChI=1S/C12H10IN3O3S/c13-7-1-3-8(4-2-7)19-6-10(17)16-12-15-5-9(20-12)11(14)18/h1-5H,6H2,(H2,14,18)(H,15,16,17). The van der Waals surface area contributed by atoms with E-state index in [0.29, 0.717) is 15.8 Å². The van der Waals surface area contributed by atoms with Gasteiger partial charge in [0.25, 0.3) is 11.8 Å². The maximum absolute atomic E-state index is 11.6. The third kappa shape index (κ3) is 4.17. The monoisotopic (exact) mass is 403 g/mol. The van der Waals surface area contributed by atoms with Crippen LogP contribution in [0.15, 0.2) is 30.5 Å². The van der Waals surface area contributed by atoms with Crippen molar-refractivity contribution in [2.24, 2.45) is 5.73 Å². The maximum atomic E-state index is 11.6. The SMILES string of the molecule is NC(=O)c1cnc(NC(=O)COc2ccc(I)cc2)s1. The number of nitrogens with zero attached hydrogens (tertiary/aromatic N) is 1. The first kappa shape index (κ1) is 14.7. The molecule has 0 aliphatic rings. The van der Waals surface area contributed by atoms with Gasteiger partial charge in [-0.25, -0.2) is 4.98 Å². The van der Waals surface area contributed by atoms with E-state index in [1.54, 1.807) is 12.1 Å². The van der Waals surface area contributed by atoms with Crippen LogP contribution in [0.1, 0.15) is 9.67 Å². The topological polar surface area (TPSA) is 94.3 Å². The molecular formula is C12H10IN3O3S. The van der Waals surface area contributed by atoms with Gasteiger partial charge < -0.3 is 10.5 Å². The molecule has 2 aromatic rings. The number of amides is 2. The van der Waals surface area contributed by atoms with Gasteiger partial charge in [0.15, 0.2) is 11.7 Å². The van der Waals surface area contributed by atoms with Crippen LogP contribution in [0.5, 0.6) is 5.75 Å². The van der Waals surface area contributed by atoms with E-state index in [2.05, 4.69) is 32.9 Å². The first-order chi connectivity index (χ1) is 9.54. The molecule has 0 unspecified atom stereocenters. The molecule has 0 aliphatic carbocycles. The lowest BCUT2D eigenvalue weighted by molar-refractivity contribution is -0.118. The Morgan fingerprint density at radius 1 is 1.35 bits per heavy atom. The van der Waals surface area contributed by atoms with Crippen LogP contribution in [-0.4, -0.2) is 23.4 Å². The molecule has 2 rings (SSSR count). The highest BCUT2D eigenvalue weighted by Crippen LogP contribution is 2.17. The number of ether oxygens (including phenoxy) is 1. The molecule has 0 atom stereocenters. The second-order valence-electron chi connectivity index (χ2n) is 3.68. The number of aromatic nitrogens is 1. The van der Waals surface area contributed by atoms with Crippen LogP contribution < -0.4 is 15.8 Å². The second-order valence-corrected chi connectivity index (χ2v) is 5.96. The van der Waals surface area contributed by atoms with Crippen molar-refractivity contribution in [1.29, 1.82) is 0 Å². The Hall–Kier alpha value is -1.68. The molecule has 104 valence electrons. The van der Waals surface area contributed by atoms with E-state index in [9.17, 15) is 9.59 Å². The van der Waals surface area contributed by atoms with Gasteiger partial charge in [0, 0.05) is 3.57 Å².